The highest BCUT2D eigenvalue weighted by molar-refractivity contribution is 6.11. The van der Waals surface area contributed by atoms with Crippen molar-refractivity contribution >= 4 is 102 Å². The summed E-state index contributed by atoms with van der Waals surface area (Å²) in [5, 5.41) is 7.76. The molecule has 0 unspecified atom stereocenters. The lowest BCUT2D eigenvalue weighted by Gasteiger charge is -2.12. The van der Waals surface area contributed by atoms with Gasteiger partial charge in [-0.15, -0.1) is 0 Å². The molecule has 0 spiro atoms. The number of benzene rings is 10. The maximum Gasteiger partial charge on any atom is 0.0534 e. The molecular weight excluding hydrogens is 883 g/mol. The Morgan fingerprint density at radius 3 is 0.945 bits per heavy atom. The lowest BCUT2D eigenvalue weighted by atomic mass is 9.92. The van der Waals surface area contributed by atoms with Gasteiger partial charge in [0.1, 0.15) is 0 Å². The van der Waals surface area contributed by atoms with Crippen LogP contribution in [0.2, 0.25) is 0 Å². The van der Waals surface area contributed by atoms with Crippen molar-refractivity contribution in [2.45, 2.75) is 26.9 Å². The summed E-state index contributed by atoms with van der Waals surface area (Å²) in [7, 11) is 0. The third-order valence-electron chi connectivity index (χ3n) is 14.9. The van der Waals surface area contributed by atoms with Gasteiger partial charge in [-0.25, -0.2) is 0 Å². The highest BCUT2D eigenvalue weighted by Gasteiger charge is 2.13. The van der Waals surface area contributed by atoms with Crippen molar-refractivity contribution in [1.82, 2.24) is 13.7 Å². The van der Waals surface area contributed by atoms with Crippen LogP contribution in [0.3, 0.4) is 0 Å². The van der Waals surface area contributed by atoms with E-state index in [1.807, 2.05) is 0 Å². The van der Waals surface area contributed by atoms with Gasteiger partial charge >= 0.3 is 0 Å². The van der Waals surface area contributed by atoms with Gasteiger partial charge in [0, 0.05) is 73.7 Å². The van der Waals surface area contributed by atoms with Crippen LogP contribution in [0.15, 0.2) is 224 Å². The zero-order valence-electron chi connectivity index (χ0n) is 41.1. The SMILES string of the molecule is CCn1c2ccccc2c2ccc(/C=C/c3ccc(-c4cc(-c5ccc(/C=C/c6ccc7c8ccccc8n(CC)c7c6)cc5)cc(-c5ccc(/C=C/n6c7ccccc7c7ccccc76)cc5)c4)cc3)cc21. The van der Waals surface area contributed by atoms with Gasteiger partial charge in [-0.05, 0) is 136 Å². The highest BCUT2D eigenvalue weighted by atomic mass is 15.0. The summed E-state index contributed by atoms with van der Waals surface area (Å²) in [6.07, 6.45) is 13.3. The second kappa shape index (κ2) is 18.5. The molecule has 0 aliphatic rings. The lowest BCUT2D eigenvalue weighted by molar-refractivity contribution is 0.827. The summed E-state index contributed by atoms with van der Waals surface area (Å²) in [6.45, 7) is 6.31. The van der Waals surface area contributed by atoms with Gasteiger partial charge in [-0.1, -0.05) is 194 Å². The molecule has 348 valence electrons. The first-order valence-electron chi connectivity index (χ1n) is 25.6. The standard InChI is InChI=1S/C70H53N3/c1-3-71-65-17-9-5-15-61(65)63-39-31-51(43-69(63)71)23-21-48-25-33-53(34-26-48)56-45-57(54-35-27-49(28-36-54)22-24-52-32-40-64-62-16-6-10-18-66(62)72(4-2)70(64)44-52)47-58(46-56)55-37-29-50(30-38-55)41-42-73-67-19-11-7-13-59(67)60-14-8-12-20-68(60)73/h5-47H,3-4H2,1-2H3/b23-21+,24-22+,42-41+. The summed E-state index contributed by atoms with van der Waals surface area (Å²) in [4.78, 5) is 0. The van der Waals surface area contributed by atoms with Gasteiger partial charge in [0.2, 0.25) is 0 Å². The smallest absolute Gasteiger partial charge is 0.0534 e. The minimum Gasteiger partial charge on any atom is -0.341 e. The van der Waals surface area contributed by atoms with E-state index in [1.54, 1.807) is 0 Å². The maximum atomic E-state index is 2.42. The number of hydrogen-bond acceptors (Lipinski definition) is 0. The molecule has 3 aromatic heterocycles. The third kappa shape index (κ3) is 8.06. The molecule has 3 nitrogen and oxygen atoms in total. The first-order chi connectivity index (χ1) is 36.1. The second-order valence-corrected chi connectivity index (χ2v) is 19.1. The van der Waals surface area contributed by atoms with Crippen LogP contribution >= 0.6 is 0 Å². The molecule has 0 saturated carbocycles. The Morgan fingerprint density at radius 1 is 0.260 bits per heavy atom. The zero-order valence-corrected chi connectivity index (χ0v) is 41.1. The molecule has 0 radical (unpaired) electrons. The molecule has 3 heteroatoms. The average molecular weight is 936 g/mol. The number of nitrogens with zero attached hydrogens (tertiary/aromatic N) is 3. The van der Waals surface area contributed by atoms with Crippen LogP contribution in [-0.2, 0) is 13.1 Å². The molecule has 13 rings (SSSR count). The Kier molecular flexibility index (Phi) is 11.1. The molecule has 0 aliphatic carbocycles. The molecule has 0 atom stereocenters. The van der Waals surface area contributed by atoms with Crippen molar-refractivity contribution < 1.29 is 0 Å². The molecule has 0 N–H and O–H groups in total. The molecule has 10 aromatic carbocycles. The highest BCUT2D eigenvalue weighted by Crippen LogP contribution is 2.36. The predicted molar refractivity (Wildman–Crippen MR) is 316 cm³/mol. The largest absolute Gasteiger partial charge is 0.341 e. The fraction of sp³-hybridized carbons (Fsp3) is 0.0571. The van der Waals surface area contributed by atoms with E-state index >= 15 is 0 Å². The molecule has 0 fully saturated rings. The van der Waals surface area contributed by atoms with Crippen LogP contribution in [0.5, 0.6) is 0 Å². The van der Waals surface area contributed by atoms with Crippen molar-refractivity contribution in [2.75, 3.05) is 0 Å². The fourth-order valence-electron chi connectivity index (χ4n) is 11.2. The monoisotopic (exact) mass is 935 g/mol. The van der Waals surface area contributed by atoms with Crippen molar-refractivity contribution in [3.8, 4) is 33.4 Å². The Morgan fingerprint density at radius 2 is 0.562 bits per heavy atom. The summed E-state index contributed by atoms with van der Waals surface area (Å²) >= 11 is 0. The predicted octanol–water partition coefficient (Wildman–Crippen LogP) is 19.0. The first kappa shape index (κ1) is 43.8. The quantitative estimate of drug-likeness (QED) is 0.115. The Bertz CT molecular complexity index is 4050. The number of aromatic nitrogens is 3. The van der Waals surface area contributed by atoms with Gasteiger partial charge < -0.3 is 13.7 Å². The van der Waals surface area contributed by atoms with E-state index in [0.717, 1.165) is 29.8 Å². The van der Waals surface area contributed by atoms with E-state index in [9.17, 15) is 0 Å². The van der Waals surface area contributed by atoms with Crippen LogP contribution in [0.4, 0.5) is 0 Å². The molecular formula is C70H53N3. The minimum atomic E-state index is 0.933. The van der Waals surface area contributed by atoms with Crippen LogP contribution in [0.25, 0.3) is 135 Å². The summed E-state index contributed by atoms with van der Waals surface area (Å²) < 4.78 is 7.13. The van der Waals surface area contributed by atoms with Gasteiger partial charge in [-0.3, -0.25) is 0 Å². The zero-order chi connectivity index (χ0) is 48.8. The van der Waals surface area contributed by atoms with E-state index in [1.165, 1.54) is 110 Å². The minimum absolute atomic E-state index is 0.933. The second-order valence-electron chi connectivity index (χ2n) is 19.1. The molecule has 3 heterocycles. The van der Waals surface area contributed by atoms with E-state index in [0.29, 0.717) is 0 Å². The Balaban J connectivity index is 0.810. The van der Waals surface area contributed by atoms with E-state index in [2.05, 4.69) is 289 Å². The number of aryl methyl sites for hydroxylation is 2. The summed E-state index contributed by atoms with van der Waals surface area (Å²) in [5.74, 6) is 0. The molecule has 0 aliphatic heterocycles. The van der Waals surface area contributed by atoms with E-state index < -0.39 is 0 Å². The average Bonchev–Trinajstić information content (AvgIpc) is 4.08. The van der Waals surface area contributed by atoms with Crippen LogP contribution in [0, 0.1) is 0 Å². The van der Waals surface area contributed by atoms with Gasteiger partial charge in [0.05, 0.1) is 11.0 Å². The maximum absolute atomic E-state index is 2.42. The summed E-state index contributed by atoms with van der Waals surface area (Å²) in [6, 6.07) is 82.3. The number of fused-ring (bicyclic) bond motifs is 9. The molecule has 0 amide bonds. The van der Waals surface area contributed by atoms with Gasteiger partial charge in [0.25, 0.3) is 0 Å². The molecule has 0 bridgehead atoms. The van der Waals surface area contributed by atoms with Crippen LogP contribution in [0.1, 0.15) is 41.7 Å². The Hall–Kier alpha value is -9.18. The normalized spacial score (nSPS) is 12.2. The number of hydrogen-bond donors (Lipinski definition) is 0. The molecule has 13 aromatic rings. The van der Waals surface area contributed by atoms with Crippen LogP contribution < -0.4 is 0 Å². The summed E-state index contributed by atoms with van der Waals surface area (Å²) in [5.41, 5.74) is 20.5. The fourth-order valence-corrected chi connectivity index (χ4v) is 11.2. The number of para-hydroxylation sites is 4. The van der Waals surface area contributed by atoms with Crippen molar-refractivity contribution in [3.63, 3.8) is 0 Å². The van der Waals surface area contributed by atoms with Crippen molar-refractivity contribution in [3.05, 3.63) is 252 Å². The van der Waals surface area contributed by atoms with E-state index in [-0.39, 0.29) is 0 Å². The lowest BCUT2D eigenvalue weighted by Crippen LogP contribution is -1.92. The van der Waals surface area contributed by atoms with Crippen LogP contribution in [-0.4, -0.2) is 13.7 Å². The number of rotatable bonds is 11. The Labute approximate surface area is 426 Å². The molecule has 0 saturated heterocycles. The third-order valence-corrected chi connectivity index (χ3v) is 14.9. The van der Waals surface area contributed by atoms with Crippen molar-refractivity contribution in [2.24, 2.45) is 0 Å². The first-order valence-corrected chi connectivity index (χ1v) is 25.6. The van der Waals surface area contributed by atoms with Crippen molar-refractivity contribution in [1.29, 1.82) is 0 Å². The van der Waals surface area contributed by atoms with Gasteiger partial charge in [-0.2, -0.15) is 0 Å². The topological polar surface area (TPSA) is 14.8 Å². The molecule has 73 heavy (non-hydrogen) atoms. The van der Waals surface area contributed by atoms with Gasteiger partial charge in [0.15, 0.2) is 0 Å². The van der Waals surface area contributed by atoms with E-state index in [4.69, 9.17) is 0 Å².